The summed E-state index contributed by atoms with van der Waals surface area (Å²) in [6.45, 7) is 3.41. The number of hydrogen-bond acceptors (Lipinski definition) is 4. The van der Waals surface area contributed by atoms with Crippen molar-refractivity contribution in [3.63, 3.8) is 0 Å². The molecule has 1 aromatic carbocycles. The zero-order chi connectivity index (χ0) is 12.1. The predicted octanol–water partition coefficient (Wildman–Crippen LogP) is 2.24. The zero-order valence-corrected chi connectivity index (χ0v) is 9.23. The van der Waals surface area contributed by atoms with E-state index in [1.54, 1.807) is 19.1 Å². The molecular formula is C12H14O4. The first-order valence-corrected chi connectivity index (χ1v) is 4.92. The lowest BCUT2D eigenvalue weighted by Crippen LogP contribution is -2.07. The Balaban J connectivity index is 3.03. The summed E-state index contributed by atoms with van der Waals surface area (Å²) >= 11 is 0. The molecule has 16 heavy (non-hydrogen) atoms. The van der Waals surface area contributed by atoms with Gasteiger partial charge in [0.05, 0.1) is 12.2 Å². The molecule has 0 unspecified atom stereocenters. The van der Waals surface area contributed by atoms with Crippen molar-refractivity contribution >= 4 is 11.7 Å². The second kappa shape index (κ2) is 5.21. The third-order valence-corrected chi connectivity index (χ3v) is 2.06. The normalized spacial score (nSPS) is 11.9. The van der Waals surface area contributed by atoms with Gasteiger partial charge in [0.25, 0.3) is 0 Å². The molecule has 0 spiro atoms. The van der Waals surface area contributed by atoms with Crippen LogP contribution < -0.4 is 0 Å². The minimum absolute atomic E-state index is 0.0284. The second-order valence-electron chi connectivity index (χ2n) is 3.24. The average Bonchev–Trinajstić information content (AvgIpc) is 2.27. The third kappa shape index (κ3) is 2.76. The Morgan fingerprint density at radius 2 is 2.12 bits per heavy atom. The van der Waals surface area contributed by atoms with Gasteiger partial charge in [0.1, 0.15) is 11.5 Å². The van der Waals surface area contributed by atoms with Crippen LogP contribution in [0.2, 0.25) is 0 Å². The second-order valence-corrected chi connectivity index (χ2v) is 3.24. The molecule has 0 atom stereocenters. The Bertz CT molecular complexity index is 421. The molecule has 0 radical (unpaired) electrons. The minimum atomic E-state index is -0.566. The van der Waals surface area contributed by atoms with Gasteiger partial charge in [-0.2, -0.15) is 0 Å². The molecule has 2 N–H and O–H groups in total. The van der Waals surface area contributed by atoms with E-state index in [9.17, 15) is 15.0 Å². The van der Waals surface area contributed by atoms with Crippen LogP contribution in [0.3, 0.4) is 0 Å². The minimum Gasteiger partial charge on any atom is -0.508 e. The lowest BCUT2D eigenvalue weighted by molar-refractivity contribution is -0.138. The van der Waals surface area contributed by atoms with Crippen LogP contribution in [0.5, 0.6) is 5.75 Å². The van der Waals surface area contributed by atoms with E-state index in [-0.39, 0.29) is 23.7 Å². The van der Waals surface area contributed by atoms with Crippen LogP contribution in [0.4, 0.5) is 0 Å². The monoisotopic (exact) mass is 222 g/mol. The molecule has 4 nitrogen and oxygen atoms in total. The van der Waals surface area contributed by atoms with E-state index in [0.29, 0.717) is 5.56 Å². The first-order chi connectivity index (χ1) is 7.56. The smallest absolute Gasteiger partial charge is 0.337 e. The van der Waals surface area contributed by atoms with Gasteiger partial charge >= 0.3 is 5.97 Å². The molecule has 0 saturated carbocycles. The summed E-state index contributed by atoms with van der Waals surface area (Å²) in [5.41, 5.74) is 0.498. The topological polar surface area (TPSA) is 66.8 Å². The number of esters is 1. The Morgan fingerprint density at radius 3 is 2.69 bits per heavy atom. The number of carbonyl (C=O) groups is 1. The first-order valence-electron chi connectivity index (χ1n) is 4.92. The summed E-state index contributed by atoms with van der Waals surface area (Å²) in [5, 5.41) is 19.0. The lowest BCUT2D eigenvalue weighted by atomic mass is 10.1. The van der Waals surface area contributed by atoms with E-state index in [2.05, 4.69) is 0 Å². The van der Waals surface area contributed by atoms with Gasteiger partial charge in [-0.1, -0.05) is 12.1 Å². The molecular weight excluding hydrogens is 208 g/mol. The van der Waals surface area contributed by atoms with E-state index < -0.39 is 5.97 Å². The van der Waals surface area contributed by atoms with Gasteiger partial charge < -0.3 is 14.9 Å². The van der Waals surface area contributed by atoms with Crippen molar-refractivity contribution in [2.24, 2.45) is 0 Å². The van der Waals surface area contributed by atoms with Gasteiger partial charge in [-0.15, -0.1) is 0 Å². The quantitative estimate of drug-likeness (QED) is 0.467. The van der Waals surface area contributed by atoms with Gasteiger partial charge in [0, 0.05) is 5.56 Å². The number of aliphatic hydroxyl groups is 1. The number of phenolic OH excluding ortho intramolecular Hbond substituents is 1. The average molecular weight is 222 g/mol. The van der Waals surface area contributed by atoms with Crippen molar-refractivity contribution in [1.29, 1.82) is 0 Å². The molecule has 0 aromatic heterocycles. The lowest BCUT2D eigenvalue weighted by Gasteiger charge is -2.06. The molecule has 4 heteroatoms. The highest BCUT2D eigenvalue weighted by Crippen LogP contribution is 2.20. The van der Waals surface area contributed by atoms with Crippen LogP contribution in [0.25, 0.3) is 5.76 Å². The van der Waals surface area contributed by atoms with Crippen LogP contribution >= 0.6 is 0 Å². The number of aromatic hydroxyl groups is 1. The Kier molecular flexibility index (Phi) is 3.94. The summed E-state index contributed by atoms with van der Waals surface area (Å²) in [7, 11) is 0. The first kappa shape index (κ1) is 12.1. The van der Waals surface area contributed by atoms with Gasteiger partial charge in [-0.05, 0) is 26.0 Å². The predicted molar refractivity (Wildman–Crippen MR) is 60.0 cm³/mol. The van der Waals surface area contributed by atoms with E-state index >= 15 is 0 Å². The number of carbonyl (C=O) groups excluding carboxylic acids is 1. The van der Waals surface area contributed by atoms with Crippen LogP contribution in [0.1, 0.15) is 19.4 Å². The SMILES string of the molecule is CCOC(=O)C(C)=C(O)c1cccc(O)c1. The van der Waals surface area contributed by atoms with E-state index in [0.717, 1.165) is 0 Å². The molecule has 0 aliphatic rings. The van der Waals surface area contributed by atoms with Crippen molar-refractivity contribution in [2.75, 3.05) is 6.61 Å². The number of ether oxygens (including phenoxy) is 1. The fourth-order valence-electron chi connectivity index (χ4n) is 1.21. The fourth-order valence-corrected chi connectivity index (χ4v) is 1.21. The Labute approximate surface area is 93.8 Å². The fraction of sp³-hybridized carbons (Fsp3) is 0.250. The molecule has 0 saturated heterocycles. The summed E-state index contributed by atoms with van der Waals surface area (Å²) in [4.78, 5) is 11.3. The molecule has 86 valence electrons. The maximum Gasteiger partial charge on any atom is 0.337 e. The third-order valence-electron chi connectivity index (χ3n) is 2.06. The van der Waals surface area contributed by atoms with Crippen LogP contribution in [0, 0.1) is 0 Å². The van der Waals surface area contributed by atoms with E-state index in [1.165, 1.54) is 19.1 Å². The number of aliphatic hydroxyl groups excluding tert-OH is 1. The highest BCUT2D eigenvalue weighted by atomic mass is 16.5. The zero-order valence-electron chi connectivity index (χ0n) is 9.23. The van der Waals surface area contributed by atoms with Gasteiger partial charge in [-0.3, -0.25) is 0 Å². The van der Waals surface area contributed by atoms with Crippen molar-refractivity contribution in [2.45, 2.75) is 13.8 Å². The van der Waals surface area contributed by atoms with Crippen LogP contribution in [-0.2, 0) is 9.53 Å². The van der Waals surface area contributed by atoms with Crippen molar-refractivity contribution in [3.05, 3.63) is 35.4 Å². The van der Waals surface area contributed by atoms with E-state index in [4.69, 9.17) is 4.74 Å². The molecule has 0 aliphatic heterocycles. The van der Waals surface area contributed by atoms with Gasteiger partial charge in [-0.25, -0.2) is 4.79 Å². The molecule has 1 rings (SSSR count). The van der Waals surface area contributed by atoms with E-state index in [1.807, 2.05) is 0 Å². The maximum absolute atomic E-state index is 11.3. The summed E-state index contributed by atoms with van der Waals surface area (Å²) < 4.78 is 4.76. The number of benzene rings is 1. The molecule has 0 fully saturated rings. The van der Waals surface area contributed by atoms with Crippen LogP contribution in [-0.4, -0.2) is 22.8 Å². The van der Waals surface area contributed by atoms with Crippen LogP contribution in [0.15, 0.2) is 29.8 Å². The number of hydrogen-bond donors (Lipinski definition) is 2. The highest BCUT2D eigenvalue weighted by molar-refractivity contribution is 5.95. The molecule has 0 bridgehead atoms. The van der Waals surface area contributed by atoms with Crippen molar-refractivity contribution in [1.82, 2.24) is 0 Å². The maximum atomic E-state index is 11.3. The number of rotatable bonds is 3. The number of phenols is 1. The summed E-state index contributed by atoms with van der Waals surface area (Å²) in [6.07, 6.45) is 0. The molecule has 1 aromatic rings. The molecule has 0 aliphatic carbocycles. The molecule has 0 amide bonds. The Morgan fingerprint density at radius 1 is 1.44 bits per heavy atom. The van der Waals surface area contributed by atoms with Crippen molar-refractivity contribution < 1.29 is 19.7 Å². The molecule has 0 heterocycles. The largest absolute Gasteiger partial charge is 0.508 e. The highest BCUT2D eigenvalue weighted by Gasteiger charge is 2.12. The Hall–Kier alpha value is -1.97. The van der Waals surface area contributed by atoms with Gasteiger partial charge in [0.2, 0.25) is 0 Å². The summed E-state index contributed by atoms with van der Waals surface area (Å²) in [5.74, 6) is -0.724. The van der Waals surface area contributed by atoms with Gasteiger partial charge in [0.15, 0.2) is 0 Å². The van der Waals surface area contributed by atoms with Crippen molar-refractivity contribution in [3.8, 4) is 5.75 Å². The standard InChI is InChI=1S/C12H14O4/c1-3-16-12(15)8(2)11(14)9-5-4-6-10(13)7-9/h4-7,13-14H,3H2,1-2H3. The summed E-state index contributed by atoms with van der Waals surface area (Å²) in [6, 6.07) is 6.03.